The summed E-state index contributed by atoms with van der Waals surface area (Å²) in [4.78, 5) is 47.9. The molecular formula is C62H75N11O12S2. The number of sulfonamides is 2. The number of methoxy groups -OCH3 is 1. The fourth-order valence-corrected chi connectivity index (χ4v) is 16.8. The molecule has 4 saturated heterocycles. The van der Waals surface area contributed by atoms with E-state index in [0.717, 1.165) is 79.9 Å². The van der Waals surface area contributed by atoms with Crippen molar-refractivity contribution in [3.8, 4) is 11.6 Å². The number of nitrogens with zero attached hydrogens (tertiary/aromatic N) is 8. The van der Waals surface area contributed by atoms with Crippen LogP contribution in [0.2, 0.25) is 0 Å². The smallest absolute Gasteiger partial charge is 0.293 e. The van der Waals surface area contributed by atoms with Crippen LogP contribution < -0.4 is 34.2 Å². The summed E-state index contributed by atoms with van der Waals surface area (Å²) >= 11 is 0. The summed E-state index contributed by atoms with van der Waals surface area (Å²) in [7, 11) is -7.09. The van der Waals surface area contributed by atoms with Crippen LogP contribution in [0.3, 0.4) is 0 Å². The van der Waals surface area contributed by atoms with E-state index in [-0.39, 0.29) is 58.8 Å². The highest BCUT2D eigenvalue weighted by atomic mass is 32.2. The van der Waals surface area contributed by atoms with E-state index in [2.05, 4.69) is 53.8 Å². The number of nitro groups is 1. The topological polar surface area (TPSA) is 267 Å². The number of aromatic nitrogens is 3. The lowest BCUT2D eigenvalue weighted by atomic mass is 9.59. The first-order valence-electron chi connectivity index (χ1n) is 30.3. The van der Waals surface area contributed by atoms with Crippen LogP contribution in [0.1, 0.15) is 92.2 Å². The number of morpholine rings is 1. The second-order valence-corrected chi connectivity index (χ2v) is 28.5. The van der Waals surface area contributed by atoms with Crippen LogP contribution in [0.5, 0.6) is 11.6 Å². The number of fused-ring (bicyclic) bond motifs is 3. The molecule has 8 heterocycles. The van der Waals surface area contributed by atoms with E-state index in [1.54, 1.807) is 22.6 Å². The van der Waals surface area contributed by atoms with E-state index < -0.39 is 53.2 Å². The fourth-order valence-electron chi connectivity index (χ4n) is 14.4. The van der Waals surface area contributed by atoms with Gasteiger partial charge in [-0.15, -0.1) is 0 Å². The maximum absolute atomic E-state index is 14.9. The molecule has 462 valence electrons. The standard InChI is InChI=1S/C62H75N11O12S2/c1-40-6-4-5-7-47(40)54-38-70(87(80,81)46-33-55(82-3)58(65-37-46)69-25-28-83-29-26-69)23-24-71(54)44-34-62(35-44)18-21-68(22-19-62)43-8-10-48(51(31-43)72-50-15-27-84-39-56(50)85-60-53(72)30-42-14-20-63-57(42)66-60)59(74)67-86(78,79)45-9-11-49(52(32-45)73(76)77)64-36-41-12-16-61(2,75)17-13-41/h4-11,14,20,30-33,37,41,44,50,54,56,64,75H,12-13,15-19,21-29,34-36,38-39H2,1-3H3,(H,63,66)(H,67,74)/t41?,50-,54-,56-,61?/m0/s1. The highest BCUT2D eigenvalue weighted by Gasteiger charge is 2.51. The molecule has 6 aromatic rings. The van der Waals surface area contributed by atoms with Crippen LogP contribution >= 0.6 is 0 Å². The van der Waals surface area contributed by atoms with E-state index in [9.17, 15) is 36.9 Å². The van der Waals surface area contributed by atoms with Crippen LogP contribution in [0.4, 0.5) is 34.3 Å². The van der Waals surface area contributed by atoms with Crippen molar-refractivity contribution in [1.82, 2.24) is 28.9 Å². The van der Waals surface area contributed by atoms with Gasteiger partial charge in [0.05, 0.1) is 59.6 Å². The average Bonchev–Trinajstić information content (AvgIpc) is 1.40. The van der Waals surface area contributed by atoms with Crippen molar-refractivity contribution in [3.05, 3.63) is 118 Å². The number of H-pyrrole nitrogens is 1. The number of benzene rings is 3. The molecular weight excluding hydrogens is 1150 g/mol. The van der Waals surface area contributed by atoms with Crippen molar-refractivity contribution in [2.45, 2.75) is 111 Å². The Labute approximate surface area is 506 Å². The molecule has 1 amide bonds. The number of nitro benzene ring substituents is 1. The Balaban J connectivity index is 0.745. The Morgan fingerprint density at radius 2 is 1.66 bits per heavy atom. The number of carbonyl (C=O) groups excluding carboxylic acids is 1. The molecule has 13 rings (SSSR count). The number of pyridine rings is 2. The summed E-state index contributed by atoms with van der Waals surface area (Å²) in [5.74, 6) is 0.593. The average molecular weight is 1230 g/mol. The Morgan fingerprint density at radius 3 is 2.41 bits per heavy atom. The van der Waals surface area contributed by atoms with Crippen molar-refractivity contribution >= 4 is 71.2 Å². The number of piperidine rings is 1. The van der Waals surface area contributed by atoms with Crippen LogP contribution in [0.15, 0.2) is 101 Å². The highest BCUT2D eigenvalue weighted by Crippen LogP contribution is 2.54. The van der Waals surface area contributed by atoms with Gasteiger partial charge in [-0.05, 0) is 137 Å². The largest absolute Gasteiger partial charge is 0.493 e. The van der Waals surface area contributed by atoms with Gasteiger partial charge in [-0.2, -0.15) is 9.29 Å². The van der Waals surface area contributed by atoms with Crippen molar-refractivity contribution < 1.29 is 50.6 Å². The van der Waals surface area contributed by atoms with E-state index >= 15 is 0 Å². The molecule has 0 unspecified atom stereocenters. The first-order chi connectivity index (χ1) is 41.9. The second kappa shape index (κ2) is 23.4. The van der Waals surface area contributed by atoms with Crippen molar-refractivity contribution in [2.75, 3.05) is 106 Å². The van der Waals surface area contributed by atoms with Crippen molar-refractivity contribution in [3.63, 3.8) is 0 Å². The predicted octanol–water partition coefficient (Wildman–Crippen LogP) is 7.68. The molecule has 3 atom stereocenters. The minimum atomic E-state index is -4.68. The van der Waals surface area contributed by atoms with Gasteiger partial charge >= 0.3 is 0 Å². The van der Waals surface area contributed by atoms with Crippen LogP contribution in [-0.2, 0) is 29.5 Å². The molecule has 3 aromatic carbocycles. The number of hydrogen-bond acceptors (Lipinski definition) is 19. The lowest BCUT2D eigenvalue weighted by Crippen LogP contribution is -2.60. The molecule has 7 aliphatic rings. The molecule has 6 fully saturated rings. The van der Waals surface area contributed by atoms with Crippen LogP contribution in [-0.4, -0.2) is 167 Å². The quantitative estimate of drug-likeness (QED) is 0.0567. The number of amides is 1. The summed E-state index contributed by atoms with van der Waals surface area (Å²) in [6.45, 7) is 9.99. The molecule has 2 saturated carbocycles. The van der Waals surface area contributed by atoms with E-state index in [1.807, 2.05) is 48.2 Å². The number of carbonyl (C=O) groups is 1. The Bertz CT molecular complexity index is 3820. The number of aliphatic hydroxyl groups is 1. The predicted molar refractivity (Wildman–Crippen MR) is 327 cm³/mol. The van der Waals surface area contributed by atoms with E-state index in [4.69, 9.17) is 23.9 Å². The van der Waals surface area contributed by atoms with Gasteiger partial charge in [0.25, 0.3) is 21.6 Å². The Hall–Kier alpha value is -7.13. The third-order valence-electron chi connectivity index (χ3n) is 19.5. The molecule has 0 radical (unpaired) electrons. The van der Waals surface area contributed by atoms with Gasteiger partial charge in [0.15, 0.2) is 11.6 Å². The van der Waals surface area contributed by atoms with Gasteiger partial charge in [0, 0.05) is 107 Å². The normalized spacial score (nSPS) is 24.6. The SMILES string of the molecule is COc1cc(S(=O)(=O)N2CCN(C3CC4(CCN(c5ccc(C(=O)NS(=O)(=O)c6ccc(NCC7CCC(C)(O)CC7)c([N+](=O)[O-])c6)c(N6c7cc8cc[nH]c8nc7O[C@H]7COCC[C@@H]76)c5)CC4)C3)[C@H](c3ccccc3C)C2)cnc1N1CCOCC1. The number of aromatic amines is 1. The van der Waals surface area contributed by atoms with E-state index in [1.165, 1.54) is 25.4 Å². The Morgan fingerprint density at radius 1 is 0.874 bits per heavy atom. The minimum Gasteiger partial charge on any atom is -0.493 e. The van der Waals surface area contributed by atoms with Gasteiger partial charge in [-0.3, -0.25) is 19.8 Å². The molecule has 23 nitrogen and oxygen atoms in total. The van der Waals surface area contributed by atoms with Crippen LogP contribution in [0.25, 0.3) is 11.0 Å². The number of anilines is 5. The van der Waals surface area contributed by atoms with Crippen LogP contribution in [0, 0.1) is 28.4 Å². The lowest BCUT2D eigenvalue weighted by Gasteiger charge is -2.58. The first kappa shape index (κ1) is 58.9. The fraction of sp³-hybridized carbons (Fsp3) is 0.500. The molecule has 5 aliphatic heterocycles. The summed E-state index contributed by atoms with van der Waals surface area (Å²) in [5.41, 5.74) is 3.82. The highest BCUT2D eigenvalue weighted by molar-refractivity contribution is 7.90. The summed E-state index contributed by atoms with van der Waals surface area (Å²) in [5, 5.41) is 26.9. The maximum Gasteiger partial charge on any atom is 0.293 e. The summed E-state index contributed by atoms with van der Waals surface area (Å²) in [6.07, 6.45) is 9.74. The maximum atomic E-state index is 14.9. The second-order valence-electron chi connectivity index (χ2n) is 24.9. The molecule has 3 aromatic heterocycles. The van der Waals surface area contributed by atoms with E-state index in [0.29, 0.717) is 106 Å². The van der Waals surface area contributed by atoms with Gasteiger partial charge in [0.1, 0.15) is 28.0 Å². The molecule has 87 heavy (non-hydrogen) atoms. The molecule has 0 bridgehead atoms. The zero-order valence-electron chi connectivity index (χ0n) is 49.2. The number of piperazine rings is 1. The lowest BCUT2D eigenvalue weighted by molar-refractivity contribution is -0.384. The molecule has 1 spiro atoms. The summed E-state index contributed by atoms with van der Waals surface area (Å²) in [6, 6.07) is 22.5. The minimum absolute atomic E-state index is 0.0655. The third-order valence-corrected chi connectivity index (χ3v) is 22.6. The number of nitrogens with one attached hydrogen (secondary N) is 3. The zero-order valence-corrected chi connectivity index (χ0v) is 50.9. The van der Waals surface area contributed by atoms with Gasteiger partial charge < -0.3 is 49.1 Å². The number of rotatable bonds is 15. The monoisotopic (exact) mass is 1230 g/mol. The summed E-state index contributed by atoms with van der Waals surface area (Å²) < 4.78 is 85.4. The number of hydrogen-bond donors (Lipinski definition) is 4. The van der Waals surface area contributed by atoms with Crippen molar-refractivity contribution in [1.29, 1.82) is 0 Å². The van der Waals surface area contributed by atoms with Gasteiger partial charge in [-0.1, -0.05) is 24.3 Å². The number of ether oxygens (including phenoxy) is 4. The molecule has 25 heteroatoms. The first-order valence-corrected chi connectivity index (χ1v) is 33.2. The van der Waals surface area contributed by atoms with Crippen molar-refractivity contribution in [2.24, 2.45) is 11.3 Å². The number of aryl methyl sites for hydroxylation is 1. The van der Waals surface area contributed by atoms with Gasteiger partial charge in [-0.25, -0.2) is 26.5 Å². The Kier molecular flexibility index (Phi) is 15.9. The van der Waals surface area contributed by atoms with Gasteiger partial charge in [0.2, 0.25) is 15.9 Å². The molecule has 2 aliphatic carbocycles. The zero-order chi connectivity index (χ0) is 60.4. The third kappa shape index (κ3) is 11.6. The molecule has 4 N–H and O–H groups in total.